The number of halogens is 2. The Morgan fingerprint density at radius 1 is 0.912 bits per heavy atom. The summed E-state index contributed by atoms with van der Waals surface area (Å²) < 4.78 is 2.26. The molecule has 5 rings (SSSR count). The smallest absolute Gasteiger partial charge is 0.337 e. The Hall–Kier alpha value is -2.18. The van der Waals surface area contributed by atoms with Gasteiger partial charge in [0.05, 0.1) is 16.3 Å². The quantitative estimate of drug-likeness (QED) is 0.346. The second-order valence-corrected chi connectivity index (χ2v) is 10.3. The third-order valence-corrected chi connectivity index (χ3v) is 7.13. The van der Waals surface area contributed by atoms with Crippen LogP contribution in [0.15, 0.2) is 71.6 Å². The van der Waals surface area contributed by atoms with E-state index in [1.165, 1.54) is 42.0 Å². The van der Waals surface area contributed by atoms with Crippen molar-refractivity contribution in [3.8, 4) is 0 Å². The van der Waals surface area contributed by atoms with Crippen molar-refractivity contribution >= 4 is 52.5 Å². The van der Waals surface area contributed by atoms with Crippen LogP contribution in [-0.2, 0) is 0 Å². The fourth-order valence-corrected chi connectivity index (χ4v) is 4.55. The van der Waals surface area contributed by atoms with Crippen LogP contribution in [-0.4, -0.2) is 35.5 Å². The van der Waals surface area contributed by atoms with Crippen LogP contribution in [0.4, 0.5) is 11.4 Å². The second kappa shape index (κ2) is 13.1. The SMILES string of the molecule is C1CCC1.CN1CCN(c2ccccc2)c2cc(Cl)ccc2S1.Cc1ccc(Cl)c(C(=O)O)c1. The summed E-state index contributed by atoms with van der Waals surface area (Å²) in [5, 5.41) is 9.67. The summed E-state index contributed by atoms with van der Waals surface area (Å²) in [6.45, 7) is 3.79. The number of para-hydroxylation sites is 1. The molecule has 1 heterocycles. The maximum Gasteiger partial charge on any atom is 0.337 e. The Balaban J connectivity index is 0.000000181. The molecule has 4 nitrogen and oxygen atoms in total. The second-order valence-electron chi connectivity index (χ2n) is 8.24. The monoisotopic (exact) mass is 516 g/mol. The highest BCUT2D eigenvalue weighted by Gasteiger charge is 2.20. The zero-order chi connectivity index (χ0) is 24.5. The van der Waals surface area contributed by atoms with E-state index in [0.717, 1.165) is 23.7 Å². The molecule has 1 saturated carbocycles. The Bertz CT molecular complexity index is 1090. The van der Waals surface area contributed by atoms with Crippen LogP contribution in [0, 0.1) is 6.92 Å². The topological polar surface area (TPSA) is 43.8 Å². The molecule has 0 atom stereocenters. The van der Waals surface area contributed by atoms with E-state index in [1.54, 1.807) is 30.1 Å². The molecule has 180 valence electrons. The summed E-state index contributed by atoms with van der Waals surface area (Å²) in [5.41, 5.74) is 3.45. The number of carbonyl (C=O) groups is 1. The number of aryl methyl sites for hydroxylation is 1. The predicted molar refractivity (Wildman–Crippen MR) is 145 cm³/mol. The van der Waals surface area contributed by atoms with Crippen molar-refractivity contribution < 1.29 is 9.90 Å². The van der Waals surface area contributed by atoms with Gasteiger partial charge in [-0.2, -0.15) is 0 Å². The molecule has 0 radical (unpaired) electrons. The molecule has 1 aliphatic carbocycles. The number of anilines is 2. The first-order chi connectivity index (χ1) is 16.3. The highest BCUT2D eigenvalue weighted by Crippen LogP contribution is 2.39. The molecule has 0 aromatic heterocycles. The van der Waals surface area contributed by atoms with Crippen LogP contribution >= 0.6 is 35.1 Å². The van der Waals surface area contributed by atoms with Crippen LogP contribution in [0.25, 0.3) is 0 Å². The van der Waals surface area contributed by atoms with Gasteiger partial charge in [0.25, 0.3) is 0 Å². The number of hydrogen-bond acceptors (Lipinski definition) is 4. The first-order valence-corrected chi connectivity index (χ1v) is 12.9. The minimum Gasteiger partial charge on any atom is -0.478 e. The van der Waals surface area contributed by atoms with Crippen molar-refractivity contribution in [1.82, 2.24) is 4.31 Å². The molecule has 34 heavy (non-hydrogen) atoms. The van der Waals surface area contributed by atoms with Gasteiger partial charge in [0.2, 0.25) is 0 Å². The summed E-state index contributed by atoms with van der Waals surface area (Å²) in [6.07, 6.45) is 6.00. The molecule has 0 unspecified atom stereocenters. The molecule has 7 heteroatoms. The van der Waals surface area contributed by atoms with Gasteiger partial charge in [-0.15, -0.1) is 0 Å². The molecule has 1 fully saturated rings. The summed E-state index contributed by atoms with van der Waals surface area (Å²) in [5.74, 6) is -0.987. The molecule has 3 aromatic carbocycles. The number of aromatic carboxylic acids is 1. The maximum atomic E-state index is 10.5. The molecule has 0 amide bonds. The third-order valence-electron chi connectivity index (χ3n) is 5.52. The van der Waals surface area contributed by atoms with E-state index in [0.29, 0.717) is 0 Å². The van der Waals surface area contributed by atoms with Crippen LogP contribution in [0.1, 0.15) is 41.6 Å². The average molecular weight is 518 g/mol. The van der Waals surface area contributed by atoms with E-state index in [-0.39, 0.29) is 10.6 Å². The molecular formula is C27H30Cl2N2O2S. The van der Waals surface area contributed by atoms with Gasteiger partial charge >= 0.3 is 5.97 Å². The molecule has 0 bridgehead atoms. The van der Waals surface area contributed by atoms with Crippen molar-refractivity contribution in [3.63, 3.8) is 0 Å². The maximum absolute atomic E-state index is 10.5. The number of fused-ring (bicyclic) bond motifs is 1. The lowest BCUT2D eigenvalue weighted by Gasteiger charge is -2.24. The number of benzene rings is 3. The molecule has 1 aliphatic heterocycles. The molecule has 3 aromatic rings. The zero-order valence-electron chi connectivity index (χ0n) is 19.5. The van der Waals surface area contributed by atoms with E-state index in [9.17, 15) is 4.79 Å². The van der Waals surface area contributed by atoms with Gasteiger partial charge in [-0.1, -0.05) is 78.7 Å². The number of rotatable bonds is 2. The fraction of sp³-hybridized carbons (Fsp3) is 0.296. The number of carboxylic acid groups (broad SMARTS) is 1. The summed E-state index contributed by atoms with van der Waals surface area (Å²) in [4.78, 5) is 14.1. The highest BCUT2D eigenvalue weighted by atomic mass is 35.5. The summed E-state index contributed by atoms with van der Waals surface area (Å²) in [6, 6.07) is 21.5. The van der Waals surface area contributed by atoms with Gasteiger partial charge in [0.15, 0.2) is 0 Å². The van der Waals surface area contributed by atoms with E-state index in [1.807, 2.05) is 19.1 Å². The first-order valence-electron chi connectivity index (χ1n) is 11.4. The summed E-state index contributed by atoms with van der Waals surface area (Å²) in [7, 11) is 2.12. The molecule has 2 aliphatic rings. The van der Waals surface area contributed by atoms with E-state index in [2.05, 4.69) is 52.7 Å². The lowest BCUT2D eigenvalue weighted by Crippen LogP contribution is -2.24. The van der Waals surface area contributed by atoms with Gasteiger partial charge in [0, 0.05) is 28.7 Å². The van der Waals surface area contributed by atoms with Gasteiger partial charge in [-0.3, -0.25) is 0 Å². The Morgan fingerprint density at radius 2 is 1.59 bits per heavy atom. The van der Waals surface area contributed by atoms with E-state index < -0.39 is 5.97 Å². The Labute approximate surface area is 216 Å². The van der Waals surface area contributed by atoms with Crippen LogP contribution in [0.2, 0.25) is 10.0 Å². The number of hydrogen-bond donors (Lipinski definition) is 1. The average Bonchev–Trinajstić information content (AvgIpc) is 2.93. The Morgan fingerprint density at radius 3 is 2.18 bits per heavy atom. The first kappa shape index (κ1) is 26.4. The molecular weight excluding hydrogens is 487 g/mol. The molecule has 1 N–H and O–H groups in total. The van der Waals surface area contributed by atoms with Crippen molar-refractivity contribution in [3.05, 3.63) is 87.9 Å². The minimum atomic E-state index is -0.987. The lowest BCUT2D eigenvalue weighted by molar-refractivity contribution is 0.0697. The van der Waals surface area contributed by atoms with E-state index >= 15 is 0 Å². The molecule has 0 saturated heterocycles. The number of carboxylic acids is 1. The van der Waals surface area contributed by atoms with Crippen LogP contribution in [0.3, 0.4) is 0 Å². The number of likely N-dealkylation sites (N-methyl/N-ethyl adjacent to an activating group) is 1. The standard InChI is InChI=1S/C15H15ClN2S.C8H7ClO2.C4H8/c1-17-9-10-18(13-5-3-2-4-6-13)14-11-12(16)7-8-15(14)19-17;1-5-2-3-7(9)6(4-5)8(10)11;1-2-4-3-1/h2-8,11H,9-10H2,1H3;2-4H,1H3,(H,10,11);1-4H2. The van der Waals surface area contributed by atoms with Crippen LogP contribution < -0.4 is 4.90 Å². The van der Waals surface area contributed by atoms with Crippen molar-refractivity contribution in [2.24, 2.45) is 0 Å². The highest BCUT2D eigenvalue weighted by molar-refractivity contribution is 7.97. The molecule has 0 spiro atoms. The van der Waals surface area contributed by atoms with Crippen molar-refractivity contribution in [2.45, 2.75) is 37.5 Å². The normalized spacial score (nSPS) is 14.9. The minimum absolute atomic E-state index is 0.159. The lowest BCUT2D eigenvalue weighted by atomic mass is 10.0. The van der Waals surface area contributed by atoms with Crippen molar-refractivity contribution in [1.29, 1.82) is 0 Å². The van der Waals surface area contributed by atoms with Crippen LogP contribution in [0.5, 0.6) is 0 Å². The van der Waals surface area contributed by atoms with E-state index in [4.69, 9.17) is 28.3 Å². The Kier molecular flexibility index (Phi) is 10.1. The van der Waals surface area contributed by atoms with Gasteiger partial charge < -0.3 is 10.0 Å². The fourth-order valence-electron chi connectivity index (χ4n) is 3.28. The number of nitrogens with zero attached hydrogens (tertiary/aromatic N) is 2. The third kappa shape index (κ3) is 7.67. The van der Waals surface area contributed by atoms with Gasteiger partial charge in [0.1, 0.15) is 0 Å². The van der Waals surface area contributed by atoms with Gasteiger partial charge in [-0.05, 0) is 68.4 Å². The zero-order valence-corrected chi connectivity index (χ0v) is 21.8. The van der Waals surface area contributed by atoms with Crippen molar-refractivity contribution in [2.75, 3.05) is 25.0 Å². The predicted octanol–water partition coefficient (Wildman–Crippen LogP) is 8.34. The summed E-state index contributed by atoms with van der Waals surface area (Å²) >= 11 is 13.6. The largest absolute Gasteiger partial charge is 0.478 e. The van der Waals surface area contributed by atoms with Gasteiger partial charge in [-0.25, -0.2) is 9.10 Å².